The zero-order valence-corrected chi connectivity index (χ0v) is 13.6. The lowest BCUT2D eigenvalue weighted by Crippen LogP contribution is -2.46. The molecule has 1 N–H and O–H groups in total. The van der Waals surface area contributed by atoms with E-state index in [1.807, 2.05) is 0 Å². The summed E-state index contributed by atoms with van der Waals surface area (Å²) in [6.45, 7) is 4.84. The lowest BCUT2D eigenvalue weighted by Gasteiger charge is -2.32. The van der Waals surface area contributed by atoms with E-state index in [-0.39, 0.29) is 5.91 Å². The average molecular weight is 295 g/mol. The summed E-state index contributed by atoms with van der Waals surface area (Å²) in [6, 6.07) is 0.647. The first kappa shape index (κ1) is 16.1. The second-order valence-electron chi connectivity index (χ2n) is 6.17. The maximum atomic E-state index is 11.7. The molecular weight excluding hydrogens is 266 g/mol. The number of carbonyl (C=O) groups is 1. The quantitative estimate of drug-likeness (QED) is 0.597. The van der Waals surface area contributed by atoms with Crippen molar-refractivity contribution in [2.75, 3.05) is 53.9 Å². The maximum Gasteiger partial charge on any atom is 0.241 e. The highest BCUT2D eigenvalue weighted by Crippen LogP contribution is 2.20. The number of carbonyl (C=O) groups excluding carboxylic acids is 1. The van der Waals surface area contributed by atoms with Gasteiger partial charge in [0, 0.05) is 40.3 Å². The molecule has 0 aliphatic carbocycles. The van der Waals surface area contributed by atoms with Crippen LogP contribution in [0.2, 0.25) is 0 Å². The number of aliphatic imine (C=N–C) groups is 1. The molecule has 21 heavy (non-hydrogen) atoms. The number of likely N-dealkylation sites (N-methyl/N-ethyl adjacent to an activating group) is 1. The molecule has 0 aromatic rings. The Morgan fingerprint density at radius 3 is 2.57 bits per heavy atom. The predicted octanol–water partition coefficient (Wildman–Crippen LogP) is 0.210. The van der Waals surface area contributed by atoms with Gasteiger partial charge in [-0.15, -0.1) is 0 Å². The van der Waals surface area contributed by atoms with E-state index in [0.717, 1.165) is 19.0 Å². The van der Waals surface area contributed by atoms with E-state index in [1.54, 1.807) is 26.0 Å². The van der Waals surface area contributed by atoms with E-state index < -0.39 is 0 Å². The molecule has 2 rings (SSSR count). The van der Waals surface area contributed by atoms with Gasteiger partial charge in [0.2, 0.25) is 5.91 Å². The highest BCUT2D eigenvalue weighted by atomic mass is 16.2. The van der Waals surface area contributed by atoms with Gasteiger partial charge in [0.15, 0.2) is 5.96 Å². The molecule has 0 bridgehead atoms. The van der Waals surface area contributed by atoms with Crippen molar-refractivity contribution in [2.45, 2.75) is 31.7 Å². The van der Waals surface area contributed by atoms with Crippen molar-refractivity contribution >= 4 is 11.9 Å². The van der Waals surface area contributed by atoms with Crippen LogP contribution < -0.4 is 5.32 Å². The van der Waals surface area contributed by atoms with Crippen molar-refractivity contribution in [3.8, 4) is 0 Å². The predicted molar refractivity (Wildman–Crippen MR) is 85.5 cm³/mol. The second kappa shape index (κ2) is 7.64. The molecule has 0 saturated carbocycles. The summed E-state index contributed by atoms with van der Waals surface area (Å²) in [4.78, 5) is 22.5. The minimum absolute atomic E-state index is 0.0722. The summed E-state index contributed by atoms with van der Waals surface area (Å²) >= 11 is 0. The fourth-order valence-corrected chi connectivity index (χ4v) is 3.16. The zero-order valence-electron chi connectivity index (χ0n) is 13.6. The Hall–Kier alpha value is -1.30. The number of amides is 1. The third-order valence-electron chi connectivity index (χ3n) is 4.48. The van der Waals surface area contributed by atoms with E-state index in [2.05, 4.69) is 20.1 Å². The minimum Gasteiger partial charge on any atom is -0.347 e. The van der Waals surface area contributed by atoms with Crippen LogP contribution in [0.15, 0.2) is 4.99 Å². The van der Waals surface area contributed by atoms with Gasteiger partial charge >= 0.3 is 0 Å². The highest BCUT2D eigenvalue weighted by molar-refractivity contribution is 5.86. The fraction of sp³-hybridized carbons (Fsp3) is 0.867. The van der Waals surface area contributed by atoms with E-state index >= 15 is 0 Å². The number of nitrogens with one attached hydrogen (secondary N) is 1. The first-order chi connectivity index (χ1) is 10.1. The van der Waals surface area contributed by atoms with Crippen molar-refractivity contribution in [3.63, 3.8) is 0 Å². The van der Waals surface area contributed by atoms with Crippen molar-refractivity contribution in [1.82, 2.24) is 20.0 Å². The molecule has 1 amide bonds. The Bertz CT molecular complexity index is 376. The number of guanidine groups is 1. The van der Waals surface area contributed by atoms with Gasteiger partial charge in [-0.3, -0.25) is 14.7 Å². The maximum absolute atomic E-state index is 11.7. The normalized spacial score (nSPS) is 24.2. The molecule has 1 atom stereocenters. The van der Waals surface area contributed by atoms with E-state index in [9.17, 15) is 4.79 Å². The van der Waals surface area contributed by atoms with Crippen LogP contribution in [0.4, 0.5) is 0 Å². The molecule has 6 nitrogen and oxygen atoms in total. The largest absolute Gasteiger partial charge is 0.347 e. The number of rotatable bonds is 3. The highest BCUT2D eigenvalue weighted by Gasteiger charge is 2.30. The molecular formula is C15H29N5O. The van der Waals surface area contributed by atoms with Crippen LogP contribution in [-0.2, 0) is 4.79 Å². The molecule has 0 aromatic carbocycles. The van der Waals surface area contributed by atoms with Gasteiger partial charge in [-0.25, -0.2) is 0 Å². The Balaban J connectivity index is 1.82. The summed E-state index contributed by atoms with van der Waals surface area (Å²) in [6.07, 6.45) is 5.24. The summed E-state index contributed by atoms with van der Waals surface area (Å²) in [5, 5.41) is 3.18. The summed E-state index contributed by atoms with van der Waals surface area (Å²) < 4.78 is 0. The number of hydrogen-bond acceptors (Lipinski definition) is 3. The molecule has 120 valence electrons. The van der Waals surface area contributed by atoms with E-state index in [4.69, 9.17) is 0 Å². The molecule has 2 aliphatic rings. The van der Waals surface area contributed by atoms with Crippen molar-refractivity contribution < 1.29 is 4.79 Å². The van der Waals surface area contributed by atoms with Crippen LogP contribution in [-0.4, -0.2) is 86.5 Å². The Morgan fingerprint density at radius 2 is 1.95 bits per heavy atom. The Labute approximate surface area is 128 Å². The third kappa shape index (κ3) is 4.33. The number of hydrogen-bond donors (Lipinski definition) is 1. The van der Waals surface area contributed by atoms with Crippen molar-refractivity contribution in [1.29, 1.82) is 0 Å². The standard InChI is InChI=1S/C15H29N5O/c1-16-15(17-11-14(21)18(2)3)20-10-7-13(12-20)19-8-5-4-6-9-19/h13H,4-12H2,1-3H3,(H,16,17). The monoisotopic (exact) mass is 295 g/mol. The zero-order chi connectivity index (χ0) is 15.2. The first-order valence-corrected chi connectivity index (χ1v) is 8.01. The van der Waals surface area contributed by atoms with Gasteiger partial charge in [0.25, 0.3) is 0 Å². The number of nitrogens with zero attached hydrogens (tertiary/aromatic N) is 4. The Kier molecular flexibility index (Phi) is 5.85. The lowest BCUT2D eigenvalue weighted by atomic mass is 10.1. The van der Waals surface area contributed by atoms with Gasteiger partial charge in [0.05, 0.1) is 6.54 Å². The molecule has 6 heteroatoms. The van der Waals surface area contributed by atoms with Gasteiger partial charge in [-0.1, -0.05) is 6.42 Å². The van der Waals surface area contributed by atoms with E-state index in [1.165, 1.54) is 38.8 Å². The van der Waals surface area contributed by atoms with Gasteiger partial charge in [-0.05, 0) is 32.4 Å². The molecule has 1 unspecified atom stereocenters. The van der Waals surface area contributed by atoms with Crippen LogP contribution in [0.1, 0.15) is 25.7 Å². The summed E-state index contributed by atoms with van der Waals surface area (Å²) in [7, 11) is 5.33. The fourth-order valence-electron chi connectivity index (χ4n) is 3.16. The molecule has 0 spiro atoms. The average Bonchev–Trinajstić information content (AvgIpc) is 2.98. The first-order valence-electron chi connectivity index (χ1n) is 8.01. The molecule has 2 heterocycles. The molecule has 0 radical (unpaired) electrons. The smallest absolute Gasteiger partial charge is 0.241 e. The molecule has 2 fully saturated rings. The van der Waals surface area contributed by atoms with Crippen LogP contribution in [0.3, 0.4) is 0 Å². The Morgan fingerprint density at radius 1 is 1.24 bits per heavy atom. The minimum atomic E-state index is 0.0722. The number of piperidine rings is 1. The second-order valence-corrected chi connectivity index (χ2v) is 6.17. The van der Waals surface area contributed by atoms with Crippen LogP contribution in [0.25, 0.3) is 0 Å². The topological polar surface area (TPSA) is 51.2 Å². The SMILES string of the molecule is CN=C(NCC(=O)N(C)C)N1CCC(N2CCCCC2)C1. The van der Waals surface area contributed by atoms with Crippen LogP contribution in [0.5, 0.6) is 0 Å². The summed E-state index contributed by atoms with van der Waals surface area (Å²) in [5.41, 5.74) is 0. The number of likely N-dealkylation sites (tertiary alicyclic amines) is 2. The van der Waals surface area contributed by atoms with Crippen LogP contribution in [0, 0.1) is 0 Å². The lowest BCUT2D eigenvalue weighted by molar-refractivity contribution is -0.127. The molecule has 2 aliphatic heterocycles. The molecule has 0 aromatic heterocycles. The van der Waals surface area contributed by atoms with Crippen molar-refractivity contribution in [3.05, 3.63) is 0 Å². The van der Waals surface area contributed by atoms with Crippen molar-refractivity contribution in [2.24, 2.45) is 4.99 Å². The van der Waals surface area contributed by atoms with E-state index in [0.29, 0.717) is 12.6 Å². The summed E-state index contributed by atoms with van der Waals surface area (Å²) in [5.74, 6) is 0.924. The van der Waals surface area contributed by atoms with Gasteiger partial charge in [-0.2, -0.15) is 0 Å². The van der Waals surface area contributed by atoms with Gasteiger partial charge < -0.3 is 15.1 Å². The molecule has 2 saturated heterocycles. The third-order valence-corrected chi connectivity index (χ3v) is 4.48. The van der Waals surface area contributed by atoms with Gasteiger partial charge in [0.1, 0.15) is 0 Å². The van der Waals surface area contributed by atoms with Crippen LogP contribution >= 0.6 is 0 Å².